The summed E-state index contributed by atoms with van der Waals surface area (Å²) in [7, 11) is 1.81. The van der Waals surface area contributed by atoms with Gasteiger partial charge in [-0.15, -0.1) is 6.58 Å². The molecule has 0 saturated heterocycles. The van der Waals surface area contributed by atoms with E-state index in [1.165, 1.54) is 83.5 Å². The van der Waals surface area contributed by atoms with Crippen LogP contribution in [0.3, 0.4) is 0 Å². The third kappa shape index (κ3) is 15.6. The highest BCUT2D eigenvalue weighted by atomic mass is 16.5. The number of hydrogen-bond donors (Lipinski definition) is 0. The van der Waals surface area contributed by atoms with Crippen molar-refractivity contribution in [3.05, 3.63) is 12.7 Å². The summed E-state index contributed by atoms with van der Waals surface area (Å²) in [6.07, 6.45) is 20.4. The zero-order chi connectivity index (χ0) is 14.2. The van der Waals surface area contributed by atoms with Gasteiger partial charge >= 0.3 is 0 Å². The molecule has 1 atom stereocenters. The van der Waals surface area contributed by atoms with Gasteiger partial charge in [0.25, 0.3) is 0 Å². The van der Waals surface area contributed by atoms with Crippen LogP contribution in [0, 0.1) is 0 Å². The van der Waals surface area contributed by atoms with E-state index in [9.17, 15) is 0 Å². The van der Waals surface area contributed by atoms with E-state index in [1.54, 1.807) is 0 Å². The fourth-order valence-corrected chi connectivity index (χ4v) is 2.43. The molecule has 0 N–H and O–H groups in total. The lowest BCUT2D eigenvalue weighted by Crippen LogP contribution is -2.03. The van der Waals surface area contributed by atoms with Crippen LogP contribution < -0.4 is 0 Å². The molecule has 0 fully saturated rings. The summed E-state index contributed by atoms with van der Waals surface area (Å²) < 4.78 is 5.25. The van der Waals surface area contributed by atoms with Crippen molar-refractivity contribution in [3.63, 3.8) is 0 Å². The SMILES string of the molecule is C=CCCCCCCCCCCCCCC(C)OC. The second-order valence-electron chi connectivity index (χ2n) is 5.80. The lowest BCUT2D eigenvalue weighted by molar-refractivity contribution is 0.108. The van der Waals surface area contributed by atoms with E-state index in [4.69, 9.17) is 4.74 Å². The molecule has 19 heavy (non-hydrogen) atoms. The molecule has 0 bridgehead atoms. The Morgan fingerprint density at radius 1 is 0.789 bits per heavy atom. The van der Waals surface area contributed by atoms with Crippen LogP contribution in [0.1, 0.15) is 90.4 Å². The maximum atomic E-state index is 5.25. The van der Waals surface area contributed by atoms with Crippen molar-refractivity contribution in [1.29, 1.82) is 0 Å². The summed E-state index contributed by atoms with van der Waals surface area (Å²) in [6.45, 7) is 5.92. The molecule has 0 amide bonds. The summed E-state index contributed by atoms with van der Waals surface area (Å²) in [4.78, 5) is 0. The molecule has 1 unspecified atom stereocenters. The smallest absolute Gasteiger partial charge is 0.0543 e. The standard InChI is InChI=1S/C18H36O/c1-4-5-6-7-8-9-10-11-12-13-14-15-16-17-18(2)19-3/h4,18H,1,5-17H2,2-3H3. The lowest BCUT2D eigenvalue weighted by Gasteiger charge is -2.08. The highest BCUT2D eigenvalue weighted by Crippen LogP contribution is 2.13. The van der Waals surface area contributed by atoms with Crippen LogP contribution in [-0.2, 0) is 4.74 Å². The van der Waals surface area contributed by atoms with Gasteiger partial charge in [0, 0.05) is 7.11 Å². The van der Waals surface area contributed by atoms with Gasteiger partial charge in [-0.05, 0) is 26.2 Å². The van der Waals surface area contributed by atoms with E-state index >= 15 is 0 Å². The van der Waals surface area contributed by atoms with Crippen molar-refractivity contribution in [3.8, 4) is 0 Å². The minimum absolute atomic E-state index is 0.445. The van der Waals surface area contributed by atoms with E-state index in [1.807, 2.05) is 13.2 Å². The number of rotatable bonds is 15. The second-order valence-corrected chi connectivity index (χ2v) is 5.80. The van der Waals surface area contributed by atoms with Crippen LogP contribution in [0.25, 0.3) is 0 Å². The molecule has 0 aromatic heterocycles. The van der Waals surface area contributed by atoms with Crippen LogP contribution in [0.2, 0.25) is 0 Å². The molecule has 0 saturated carbocycles. The monoisotopic (exact) mass is 268 g/mol. The molecule has 0 aliphatic rings. The fraction of sp³-hybridized carbons (Fsp3) is 0.889. The van der Waals surface area contributed by atoms with Crippen molar-refractivity contribution in [2.45, 2.75) is 96.5 Å². The van der Waals surface area contributed by atoms with Crippen molar-refractivity contribution in [1.82, 2.24) is 0 Å². The van der Waals surface area contributed by atoms with Gasteiger partial charge in [0.15, 0.2) is 0 Å². The van der Waals surface area contributed by atoms with Crippen LogP contribution >= 0.6 is 0 Å². The highest BCUT2D eigenvalue weighted by molar-refractivity contribution is 4.65. The van der Waals surface area contributed by atoms with Crippen LogP contribution in [-0.4, -0.2) is 13.2 Å². The highest BCUT2D eigenvalue weighted by Gasteiger charge is 1.98. The van der Waals surface area contributed by atoms with E-state index in [0.29, 0.717) is 6.10 Å². The predicted octanol–water partition coefficient (Wildman–Crippen LogP) is 6.28. The first-order chi connectivity index (χ1) is 9.31. The Bertz CT molecular complexity index is 177. The minimum atomic E-state index is 0.445. The van der Waals surface area contributed by atoms with Crippen LogP contribution in [0.4, 0.5) is 0 Å². The quantitative estimate of drug-likeness (QED) is 0.251. The third-order valence-electron chi connectivity index (χ3n) is 3.92. The molecule has 0 rings (SSSR count). The molecule has 0 heterocycles. The number of ether oxygens (including phenoxy) is 1. The molecule has 0 aromatic rings. The van der Waals surface area contributed by atoms with Crippen molar-refractivity contribution < 1.29 is 4.74 Å². The summed E-state index contributed by atoms with van der Waals surface area (Å²) >= 11 is 0. The first kappa shape index (κ1) is 18.7. The molecular formula is C18H36O. The topological polar surface area (TPSA) is 9.23 Å². The molecule has 0 radical (unpaired) electrons. The van der Waals surface area contributed by atoms with Gasteiger partial charge in [-0.3, -0.25) is 0 Å². The molecule has 0 spiro atoms. The first-order valence-electron chi connectivity index (χ1n) is 8.45. The van der Waals surface area contributed by atoms with Crippen LogP contribution in [0.5, 0.6) is 0 Å². The Morgan fingerprint density at radius 2 is 1.21 bits per heavy atom. The summed E-state index contributed by atoms with van der Waals surface area (Å²) in [6, 6.07) is 0. The lowest BCUT2D eigenvalue weighted by atomic mass is 10.0. The van der Waals surface area contributed by atoms with Gasteiger partial charge in [-0.25, -0.2) is 0 Å². The molecule has 0 aromatic carbocycles. The Balaban J connectivity index is 2.97. The molecule has 0 aliphatic carbocycles. The number of methoxy groups -OCH3 is 1. The van der Waals surface area contributed by atoms with E-state index in [-0.39, 0.29) is 0 Å². The summed E-state index contributed by atoms with van der Waals surface area (Å²) in [5.41, 5.74) is 0. The predicted molar refractivity (Wildman–Crippen MR) is 86.7 cm³/mol. The molecule has 1 heteroatoms. The van der Waals surface area contributed by atoms with E-state index in [2.05, 4.69) is 13.5 Å². The number of allylic oxidation sites excluding steroid dienone is 1. The van der Waals surface area contributed by atoms with Gasteiger partial charge in [-0.1, -0.05) is 70.3 Å². The Morgan fingerprint density at radius 3 is 1.63 bits per heavy atom. The minimum Gasteiger partial charge on any atom is -0.382 e. The summed E-state index contributed by atoms with van der Waals surface area (Å²) in [5.74, 6) is 0. The molecule has 1 nitrogen and oxygen atoms in total. The van der Waals surface area contributed by atoms with Gasteiger partial charge in [0.1, 0.15) is 0 Å². The Kier molecular flexibility index (Phi) is 15.5. The van der Waals surface area contributed by atoms with Crippen molar-refractivity contribution in [2.75, 3.05) is 7.11 Å². The summed E-state index contributed by atoms with van der Waals surface area (Å²) in [5, 5.41) is 0. The Hall–Kier alpha value is -0.300. The largest absolute Gasteiger partial charge is 0.382 e. The van der Waals surface area contributed by atoms with Gasteiger partial charge in [0.2, 0.25) is 0 Å². The average molecular weight is 268 g/mol. The van der Waals surface area contributed by atoms with Gasteiger partial charge < -0.3 is 4.74 Å². The number of hydrogen-bond acceptors (Lipinski definition) is 1. The average Bonchev–Trinajstić information content (AvgIpc) is 2.43. The normalized spacial score (nSPS) is 12.5. The third-order valence-corrected chi connectivity index (χ3v) is 3.92. The van der Waals surface area contributed by atoms with E-state index in [0.717, 1.165) is 0 Å². The molecule has 114 valence electrons. The second kappa shape index (κ2) is 15.8. The fourth-order valence-electron chi connectivity index (χ4n) is 2.43. The van der Waals surface area contributed by atoms with E-state index < -0.39 is 0 Å². The molecular weight excluding hydrogens is 232 g/mol. The first-order valence-corrected chi connectivity index (χ1v) is 8.45. The van der Waals surface area contributed by atoms with Gasteiger partial charge in [-0.2, -0.15) is 0 Å². The van der Waals surface area contributed by atoms with Crippen molar-refractivity contribution in [2.24, 2.45) is 0 Å². The zero-order valence-corrected chi connectivity index (χ0v) is 13.5. The van der Waals surface area contributed by atoms with Crippen LogP contribution in [0.15, 0.2) is 12.7 Å². The zero-order valence-electron chi connectivity index (χ0n) is 13.5. The number of unbranched alkanes of at least 4 members (excludes halogenated alkanes) is 11. The Labute approximate surface area is 121 Å². The van der Waals surface area contributed by atoms with Crippen molar-refractivity contribution >= 4 is 0 Å². The maximum Gasteiger partial charge on any atom is 0.0543 e. The molecule has 0 aliphatic heterocycles. The van der Waals surface area contributed by atoms with Gasteiger partial charge in [0.05, 0.1) is 6.10 Å². The maximum absolute atomic E-state index is 5.25.